The average Bonchev–Trinajstić information content (AvgIpc) is 3.09. The minimum Gasteiger partial charge on any atom is -0.359 e. The van der Waals surface area contributed by atoms with Gasteiger partial charge in [0.15, 0.2) is 0 Å². The number of nitrogens with zero attached hydrogens (tertiary/aromatic N) is 4. The maximum atomic E-state index is 4.44. The quantitative estimate of drug-likeness (QED) is 0.574. The van der Waals surface area contributed by atoms with Gasteiger partial charge in [0.25, 0.3) is 0 Å². The second kappa shape index (κ2) is 3.82. The monoisotopic (exact) mass is 287 g/mol. The van der Waals surface area contributed by atoms with E-state index in [0.717, 1.165) is 44.9 Å². The van der Waals surface area contributed by atoms with E-state index in [4.69, 9.17) is 0 Å². The first kappa shape index (κ1) is 11.0. The number of benzene rings is 1. The van der Waals surface area contributed by atoms with E-state index >= 15 is 0 Å². The molecule has 4 rings (SSSR count). The van der Waals surface area contributed by atoms with Gasteiger partial charge in [0.05, 0.1) is 34.3 Å². The molecule has 0 fully saturated rings. The first-order valence-electron chi connectivity index (χ1n) is 5.79. The predicted octanol–water partition coefficient (Wildman–Crippen LogP) is 4.03. The van der Waals surface area contributed by atoms with Gasteiger partial charge in [0, 0.05) is 11.3 Å². The molecule has 0 saturated carbocycles. The summed E-state index contributed by atoms with van der Waals surface area (Å²) in [6.07, 6.45) is 0. The summed E-state index contributed by atoms with van der Waals surface area (Å²) >= 11 is 2.46. The van der Waals surface area contributed by atoms with Crippen LogP contribution in [-0.2, 0) is 11.4 Å². The number of aryl methyl sites for hydroxylation is 2. The second-order valence-electron chi connectivity index (χ2n) is 4.48. The van der Waals surface area contributed by atoms with Crippen LogP contribution in [0.15, 0.2) is 20.9 Å². The fraction of sp³-hybridized carbons (Fsp3) is 0.167. The highest BCUT2D eigenvalue weighted by atomic mass is 32.1. The Labute approximate surface area is 116 Å². The number of aromatic amines is 1. The van der Waals surface area contributed by atoms with E-state index in [9.17, 15) is 0 Å². The van der Waals surface area contributed by atoms with Gasteiger partial charge in [0.1, 0.15) is 22.4 Å². The molecule has 1 aliphatic rings. The minimum atomic E-state index is 0.907. The molecule has 0 spiro atoms. The lowest BCUT2D eigenvalue weighted by Gasteiger charge is -2.07. The van der Waals surface area contributed by atoms with Crippen molar-refractivity contribution in [3.8, 4) is 11.3 Å². The van der Waals surface area contributed by atoms with Crippen LogP contribution in [0.2, 0.25) is 0 Å². The summed E-state index contributed by atoms with van der Waals surface area (Å²) in [6, 6.07) is 4.10. The van der Waals surface area contributed by atoms with Crippen molar-refractivity contribution in [1.82, 2.24) is 13.7 Å². The molecule has 94 valence electrons. The van der Waals surface area contributed by atoms with Gasteiger partial charge in [-0.15, -0.1) is 0 Å². The average molecular weight is 287 g/mol. The standard InChI is InChI=1S/C12H9N5S2/c1-5-3-4-7(13-5)8-11-9(14-18-16-11)6(2)10-12(8)17-19-15-10/h3-4,13H,1-2H3. The SMILES string of the molecule is Cc1ccc(-c2c3c(c(C)c4nsnc24)N=S=N3)[nH]1. The molecule has 1 aromatic carbocycles. The van der Waals surface area contributed by atoms with Gasteiger partial charge >= 0.3 is 0 Å². The molecule has 0 saturated heterocycles. The molecule has 19 heavy (non-hydrogen) atoms. The molecule has 0 aliphatic carbocycles. The van der Waals surface area contributed by atoms with Gasteiger partial charge in [-0.2, -0.15) is 17.5 Å². The summed E-state index contributed by atoms with van der Waals surface area (Å²) in [5.74, 6) is 0. The molecular weight excluding hydrogens is 278 g/mol. The zero-order chi connectivity index (χ0) is 13.0. The smallest absolute Gasteiger partial charge is 0.116 e. The molecular formula is C12H9N5S2. The van der Waals surface area contributed by atoms with Gasteiger partial charge < -0.3 is 4.98 Å². The van der Waals surface area contributed by atoms with Crippen molar-refractivity contribution >= 4 is 45.5 Å². The Kier molecular flexibility index (Phi) is 2.21. The number of aromatic nitrogens is 3. The lowest BCUT2D eigenvalue weighted by molar-refractivity contribution is 1.27. The van der Waals surface area contributed by atoms with E-state index in [0.29, 0.717) is 0 Å². The molecule has 0 bridgehead atoms. The van der Waals surface area contributed by atoms with E-state index in [1.807, 2.05) is 19.9 Å². The maximum absolute atomic E-state index is 4.44. The van der Waals surface area contributed by atoms with E-state index in [1.165, 1.54) is 23.1 Å². The third-order valence-corrected chi connectivity index (χ3v) is 4.32. The maximum Gasteiger partial charge on any atom is 0.116 e. The Bertz CT molecular complexity index is 883. The van der Waals surface area contributed by atoms with Crippen molar-refractivity contribution in [1.29, 1.82) is 0 Å². The Morgan fingerprint density at radius 1 is 1.00 bits per heavy atom. The van der Waals surface area contributed by atoms with E-state index < -0.39 is 0 Å². The fourth-order valence-electron chi connectivity index (χ4n) is 2.33. The number of rotatable bonds is 1. The van der Waals surface area contributed by atoms with Crippen LogP contribution in [-0.4, -0.2) is 13.7 Å². The van der Waals surface area contributed by atoms with Crippen LogP contribution < -0.4 is 0 Å². The largest absolute Gasteiger partial charge is 0.359 e. The summed E-state index contributed by atoms with van der Waals surface area (Å²) in [5, 5.41) is 0. The summed E-state index contributed by atoms with van der Waals surface area (Å²) < 4.78 is 17.7. The van der Waals surface area contributed by atoms with Crippen LogP contribution in [0.5, 0.6) is 0 Å². The van der Waals surface area contributed by atoms with Crippen molar-refractivity contribution in [3.63, 3.8) is 0 Å². The third-order valence-electron chi connectivity index (χ3n) is 3.26. The molecule has 1 aliphatic heterocycles. The van der Waals surface area contributed by atoms with E-state index in [-0.39, 0.29) is 0 Å². The Hall–Kier alpha value is -1.86. The van der Waals surface area contributed by atoms with Crippen LogP contribution in [0.3, 0.4) is 0 Å². The number of hydrogen-bond donors (Lipinski definition) is 1. The fourth-order valence-corrected chi connectivity index (χ4v) is 3.54. The van der Waals surface area contributed by atoms with Crippen molar-refractivity contribution in [2.75, 3.05) is 0 Å². The minimum absolute atomic E-state index is 0.907. The normalized spacial score (nSPS) is 12.9. The summed E-state index contributed by atoms with van der Waals surface area (Å²) in [4.78, 5) is 3.35. The van der Waals surface area contributed by atoms with Crippen molar-refractivity contribution in [3.05, 3.63) is 23.4 Å². The van der Waals surface area contributed by atoms with Gasteiger partial charge in [-0.3, -0.25) is 0 Å². The number of nitrogens with one attached hydrogen (secondary N) is 1. The van der Waals surface area contributed by atoms with Gasteiger partial charge in [-0.05, 0) is 26.0 Å². The van der Waals surface area contributed by atoms with Crippen LogP contribution in [0.25, 0.3) is 22.3 Å². The van der Waals surface area contributed by atoms with Gasteiger partial charge in [-0.1, -0.05) is 0 Å². The van der Waals surface area contributed by atoms with Crippen molar-refractivity contribution in [2.24, 2.45) is 8.73 Å². The molecule has 0 amide bonds. The highest BCUT2D eigenvalue weighted by Crippen LogP contribution is 2.47. The van der Waals surface area contributed by atoms with Crippen LogP contribution >= 0.6 is 11.7 Å². The lowest BCUT2D eigenvalue weighted by atomic mass is 10.0. The molecule has 3 heterocycles. The molecule has 0 radical (unpaired) electrons. The Morgan fingerprint density at radius 2 is 1.79 bits per heavy atom. The Balaban J connectivity index is 2.18. The van der Waals surface area contributed by atoms with Crippen LogP contribution in [0.1, 0.15) is 11.3 Å². The molecule has 7 heteroatoms. The third kappa shape index (κ3) is 1.45. The molecule has 2 aromatic heterocycles. The van der Waals surface area contributed by atoms with Gasteiger partial charge in [0.2, 0.25) is 0 Å². The first-order chi connectivity index (χ1) is 9.25. The molecule has 0 atom stereocenters. The first-order valence-corrected chi connectivity index (χ1v) is 7.25. The highest BCUT2D eigenvalue weighted by Gasteiger charge is 2.23. The highest BCUT2D eigenvalue weighted by molar-refractivity contribution is 7.58. The van der Waals surface area contributed by atoms with Crippen LogP contribution in [0.4, 0.5) is 11.4 Å². The molecule has 0 unspecified atom stereocenters. The lowest BCUT2D eigenvalue weighted by Crippen LogP contribution is -1.86. The Morgan fingerprint density at radius 3 is 2.58 bits per heavy atom. The van der Waals surface area contributed by atoms with Crippen molar-refractivity contribution < 1.29 is 0 Å². The predicted molar refractivity (Wildman–Crippen MR) is 78.2 cm³/mol. The van der Waals surface area contributed by atoms with Crippen LogP contribution in [0, 0.1) is 13.8 Å². The number of hydrogen-bond acceptors (Lipinski definition) is 5. The summed E-state index contributed by atoms with van der Waals surface area (Å²) in [5.41, 5.74) is 7.86. The molecule has 1 N–H and O–H groups in total. The molecule has 5 nitrogen and oxygen atoms in total. The van der Waals surface area contributed by atoms with E-state index in [2.05, 4.69) is 28.5 Å². The zero-order valence-electron chi connectivity index (χ0n) is 10.3. The topological polar surface area (TPSA) is 66.3 Å². The summed E-state index contributed by atoms with van der Waals surface area (Å²) in [6.45, 7) is 4.06. The van der Waals surface area contributed by atoms with E-state index in [1.54, 1.807) is 0 Å². The number of fused-ring (bicyclic) bond motifs is 2. The number of H-pyrrole nitrogens is 1. The zero-order valence-corrected chi connectivity index (χ0v) is 11.9. The summed E-state index contributed by atoms with van der Waals surface area (Å²) in [7, 11) is 0. The second-order valence-corrected chi connectivity index (χ2v) is 5.53. The van der Waals surface area contributed by atoms with Crippen molar-refractivity contribution in [2.45, 2.75) is 13.8 Å². The molecule has 3 aromatic rings. The van der Waals surface area contributed by atoms with Gasteiger partial charge in [-0.25, -0.2) is 0 Å².